The Morgan fingerprint density at radius 2 is 0.792 bits per heavy atom. The quantitative estimate of drug-likeness (QED) is 0.171. The van der Waals surface area contributed by atoms with Gasteiger partial charge in [-0.2, -0.15) is 0 Å². The van der Waals surface area contributed by atoms with Gasteiger partial charge in [0.05, 0.1) is 33.0 Å². The number of hydrogen-bond donors (Lipinski definition) is 0. The monoisotopic (exact) mass is 677 g/mol. The maximum Gasteiger partial charge on any atom is 0.265 e. The van der Waals surface area contributed by atoms with Gasteiger partial charge in [0.2, 0.25) is 0 Å². The minimum absolute atomic E-state index is 0.0389. The maximum absolute atomic E-state index is 15.4. The van der Waals surface area contributed by atoms with Gasteiger partial charge in [-0.05, 0) is 77.2 Å². The highest BCUT2D eigenvalue weighted by Gasteiger charge is 2.23. The first-order chi connectivity index (χ1) is 26.2. The molecule has 0 saturated carbocycles. The second-order valence-electron chi connectivity index (χ2n) is 13.7. The molecule has 0 fully saturated rings. The molecule has 3 heterocycles. The smallest absolute Gasteiger partial charge is 0.265 e. The number of rotatable bonds is 4. The van der Waals surface area contributed by atoms with Gasteiger partial charge in [-0.25, -0.2) is 0 Å². The van der Waals surface area contributed by atoms with Gasteiger partial charge in [-0.15, -0.1) is 0 Å². The molecule has 0 aliphatic rings. The summed E-state index contributed by atoms with van der Waals surface area (Å²) in [7, 11) is 0. The van der Waals surface area contributed by atoms with Crippen LogP contribution in [0.5, 0.6) is 0 Å². The number of benzene rings is 8. The van der Waals surface area contributed by atoms with Gasteiger partial charge in [0.25, 0.3) is 5.56 Å². The molecule has 8 aromatic carbocycles. The zero-order chi connectivity index (χ0) is 35.0. The van der Waals surface area contributed by atoms with E-state index in [2.05, 4.69) is 161 Å². The van der Waals surface area contributed by atoms with Crippen molar-refractivity contribution in [2.75, 3.05) is 0 Å². The van der Waals surface area contributed by atoms with Crippen LogP contribution in [0.2, 0.25) is 0 Å². The van der Waals surface area contributed by atoms with Crippen LogP contribution in [0.1, 0.15) is 0 Å². The molecule has 4 heteroatoms. The lowest BCUT2D eigenvalue weighted by Gasteiger charge is -2.16. The Hall–Kier alpha value is -7.17. The van der Waals surface area contributed by atoms with Crippen molar-refractivity contribution in [3.63, 3.8) is 0 Å². The van der Waals surface area contributed by atoms with E-state index < -0.39 is 0 Å². The van der Waals surface area contributed by atoms with E-state index >= 15 is 4.79 Å². The summed E-state index contributed by atoms with van der Waals surface area (Å²) in [6, 6.07) is 65.7. The van der Waals surface area contributed by atoms with Crippen LogP contribution < -0.4 is 5.56 Å². The van der Waals surface area contributed by atoms with E-state index in [1.54, 1.807) is 0 Å². The van der Waals surface area contributed by atoms with E-state index in [-0.39, 0.29) is 5.56 Å². The number of hydrogen-bond acceptors (Lipinski definition) is 1. The summed E-state index contributed by atoms with van der Waals surface area (Å²) in [5.41, 5.74) is 10.3. The van der Waals surface area contributed by atoms with Crippen LogP contribution in [0.3, 0.4) is 0 Å². The molecule has 0 atom stereocenters. The van der Waals surface area contributed by atoms with E-state index in [0.29, 0.717) is 5.39 Å². The minimum atomic E-state index is -0.0389. The molecular weight excluding hydrogens is 647 g/mol. The lowest BCUT2D eigenvalue weighted by molar-refractivity contribution is 1.06. The molecule has 0 unspecified atom stereocenters. The highest BCUT2D eigenvalue weighted by atomic mass is 16.1. The van der Waals surface area contributed by atoms with Crippen LogP contribution in [0.4, 0.5) is 0 Å². The topological polar surface area (TPSA) is 31.9 Å². The molecule has 0 N–H and O–H groups in total. The predicted molar refractivity (Wildman–Crippen MR) is 221 cm³/mol. The van der Waals surface area contributed by atoms with Gasteiger partial charge in [0, 0.05) is 44.0 Å². The summed E-state index contributed by atoms with van der Waals surface area (Å²) in [5, 5.41) is 7.07. The molecule has 53 heavy (non-hydrogen) atoms. The Balaban J connectivity index is 1.33. The number of fused-ring (bicyclic) bond motifs is 10. The third-order valence-corrected chi connectivity index (χ3v) is 10.8. The number of aromatic nitrogens is 3. The molecule has 0 amide bonds. The molecular formula is C49H31N3O. The first kappa shape index (κ1) is 29.5. The van der Waals surface area contributed by atoms with Crippen molar-refractivity contribution in [1.29, 1.82) is 0 Å². The molecule has 0 aliphatic carbocycles. The molecule has 0 aliphatic heterocycles. The first-order valence-corrected chi connectivity index (χ1v) is 18.0. The molecule has 0 radical (unpaired) electrons. The summed E-state index contributed by atoms with van der Waals surface area (Å²) >= 11 is 0. The number of para-hydroxylation sites is 4. The van der Waals surface area contributed by atoms with Crippen molar-refractivity contribution in [3.8, 4) is 28.2 Å². The molecule has 11 aromatic rings. The summed E-state index contributed by atoms with van der Waals surface area (Å²) in [4.78, 5) is 15.4. The molecule has 0 saturated heterocycles. The van der Waals surface area contributed by atoms with Crippen molar-refractivity contribution in [1.82, 2.24) is 13.7 Å². The van der Waals surface area contributed by atoms with Crippen molar-refractivity contribution in [3.05, 3.63) is 198 Å². The normalized spacial score (nSPS) is 11.8. The Labute approximate surface area is 304 Å². The van der Waals surface area contributed by atoms with Crippen molar-refractivity contribution < 1.29 is 0 Å². The lowest BCUT2D eigenvalue weighted by atomic mass is 10.0. The van der Waals surface area contributed by atoms with Crippen molar-refractivity contribution >= 4 is 65.3 Å². The highest BCUT2D eigenvalue weighted by Crippen LogP contribution is 2.41. The molecule has 248 valence electrons. The minimum Gasteiger partial charge on any atom is -0.309 e. The highest BCUT2D eigenvalue weighted by molar-refractivity contribution is 6.24. The predicted octanol–water partition coefficient (Wildman–Crippen LogP) is 12.0. The fraction of sp³-hybridized carbons (Fsp3) is 0. The largest absolute Gasteiger partial charge is 0.309 e. The van der Waals surface area contributed by atoms with E-state index in [9.17, 15) is 0 Å². The fourth-order valence-electron chi connectivity index (χ4n) is 8.54. The fourth-order valence-corrected chi connectivity index (χ4v) is 8.54. The Bertz CT molecular complexity index is 3280. The van der Waals surface area contributed by atoms with Crippen LogP contribution in [0.15, 0.2) is 193 Å². The standard InChI is InChI=1S/C49H31N3O/c53-49-47-39(27-28-40-37-23-10-13-26-44(37)51(48(40)47)34-18-6-2-7-19-34)42-31-45-41(30-46(42)52(49)35-20-8-3-9-21-35)38-24-11-12-25-43(38)50(45)36-22-14-17-33(29-36)32-15-4-1-5-16-32/h1-31H. The zero-order valence-corrected chi connectivity index (χ0v) is 28.6. The first-order valence-electron chi connectivity index (χ1n) is 18.0. The average Bonchev–Trinajstić information content (AvgIpc) is 3.74. The van der Waals surface area contributed by atoms with Crippen molar-refractivity contribution in [2.45, 2.75) is 0 Å². The number of pyridine rings is 1. The van der Waals surface area contributed by atoms with Crippen molar-refractivity contribution in [2.24, 2.45) is 0 Å². The van der Waals surface area contributed by atoms with Gasteiger partial charge in [0.1, 0.15) is 0 Å². The van der Waals surface area contributed by atoms with Crippen LogP contribution in [0, 0.1) is 0 Å². The second kappa shape index (κ2) is 11.4. The van der Waals surface area contributed by atoms with E-state index in [1.807, 2.05) is 41.0 Å². The molecule has 0 bridgehead atoms. The van der Waals surface area contributed by atoms with Gasteiger partial charge in [0.15, 0.2) is 0 Å². The SMILES string of the molecule is O=c1c2c(ccc3c4ccccc4n(-c4ccccc4)c32)c2cc3c(cc2n1-c1ccccc1)c1ccccc1n3-c1cccc(-c2ccccc2)c1. The third kappa shape index (κ3) is 4.33. The van der Waals surface area contributed by atoms with Gasteiger partial charge in [-0.1, -0.05) is 127 Å². The maximum atomic E-state index is 15.4. The molecule has 11 rings (SSSR count). The van der Waals surface area contributed by atoms with E-state index in [4.69, 9.17) is 0 Å². The Kier molecular flexibility index (Phi) is 6.37. The zero-order valence-electron chi connectivity index (χ0n) is 28.6. The lowest BCUT2D eigenvalue weighted by Crippen LogP contribution is -2.20. The molecule has 0 spiro atoms. The summed E-state index contributed by atoms with van der Waals surface area (Å²) in [5.74, 6) is 0. The summed E-state index contributed by atoms with van der Waals surface area (Å²) in [6.07, 6.45) is 0. The molecule has 3 aromatic heterocycles. The van der Waals surface area contributed by atoms with Crippen LogP contribution in [-0.4, -0.2) is 13.7 Å². The van der Waals surface area contributed by atoms with Crippen LogP contribution in [0.25, 0.3) is 93.5 Å². The van der Waals surface area contributed by atoms with Gasteiger partial charge >= 0.3 is 0 Å². The van der Waals surface area contributed by atoms with E-state index in [1.165, 1.54) is 5.56 Å². The van der Waals surface area contributed by atoms with Crippen LogP contribution in [-0.2, 0) is 0 Å². The Morgan fingerprint density at radius 1 is 0.302 bits per heavy atom. The summed E-state index contributed by atoms with van der Waals surface area (Å²) in [6.45, 7) is 0. The van der Waals surface area contributed by atoms with Gasteiger partial charge in [-0.3, -0.25) is 9.36 Å². The summed E-state index contributed by atoms with van der Waals surface area (Å²) < 4.78 is 6.56. The van der Waals surface area contributed by atoms with Crippen LogP contribution >= 0.6 is 0 Å². The Morgan fingerprint density at radius 3 is 1.49 bits per heavy atom. The van der Waals surface area contributed by atoms with E-state index in [0.717, 1.165) is 82.5 Å². The number of nitrogens with zero attached hydrogens (tertiary/aromatic N) is 3. The average molecular weight is 678 g/mol. The second-order valence-corrected chi connectivity index (χ2v) is 13.7. The third-order valence-electron chi connectivity index (χ3n) is 10.8. The van der Waals surface area contributed by atoms with Gasteiger partial charge < -0.3 is 9.13 Å². The molecule has 4 nitrogen and oxygen atoms in total.